The van der Waals surface area contributed by atoms with Crippen LogP contribution in [0.5, 0.6) is 0 Å². The van der Waals surface area contributed by atoms with E-state index in [1.165, 1.54) is 6.07 Å². The second-order valence-electron chi connectivity index (χ2n) is 4.49. The van der Waals surface area contributed by atoms with E-state index >= 15 is 0 Å². The number of hydrogen-bond acceptors (Lipinski definition) is 2. The first-order chi connectivity index (χ1) is 9.28. The van der Waals surface area contributed by atoms with Crippen molar-refractivity contribution >= 4 is 10.9 Å². The maximum absolute atomic E-state index is 13.4. The lowest BCUT2D eigenvalue weighted by Crippen LogP contribution is -2.05. The first-order valence-electron chi connectivity index (χ1n) is 6.16. The standard InChI is InChI=1S/C15H14FN3/c16-14-6-5-11(7-13(14)8-17)10-19-15-4-2-1-3-12(15)9-18-19/h1-7,9H,8,10,17H2. The number of benzene rings is 2. The molecule has 3 aromatic rings. The summed E-state index contributed by atoms with van der Waals surface area (Å²) in [6.45, 7) is 0.820. The summed E-state index contributed by atoms with van der Waals surface area (Å²) in [5.74, 6) is -0.253. The highest BCUT2D eigenvalue weighted by atomic mass is 19.1. The van der Waals surface area contributed by atoms with Gasteiger partial charge in [0.2, 0.25) is 0 Å². The smallest absolute Gasteiger partial charge is 0.127 e. The van der Waals surface area contributed by atoms with Crippen LogP contribution in [0.3, 0.4) is 0 Å². The van der Waals surface area contributed by atoms with Crippen molar-refractivity contribution in [3.05, 3.63) is 65.6 Å². The van der Waals surface area contributed by atoms with Gasteiger partial charge in [-0.05, 0) is 23.8 Å². The summed E-state index contributed by atoms with van der Waals surface area (Å²) in [6, 6.07) is 13.0. The quantitative estimate of drug-likeness (QED) is 0.782. The molecule has 2 aromatic carbocycles. The predicted octanol–water partition coefficient (Wildman–Crippen LogP) is 2.68. The fourth-order valence-corrected chi connectivity index (χ4v) is 2.21. The summed E-state index contributed by atoms with van der Waals surface area (Å²) in [4.78, 5) is 0. The van der Waals surface area contributed by atoms with Crippen molar-refractivity contribution in [3.63, 3.8) is 0 Å². The number of para-hydroxylation sites is 1. The van der Waals surface area contributed by atoms with Gasteiger partial charge in [0.25, 0.3) is 0 Å². The van der Waals surface area contributed by atoms with E-state index in [0.29, 0.717) is 12.1 Å². The maximum atomic E-state index is 13.4. The van der Waals surface area contributed by atoms with Crippen LogP contribution in [0.4, 0.5) is 4.39 Å². The molecule has 0 aliphatic rings. The van der Waals surface area contributed by atoms with Crippen molar-refractivity contribution in [2.24, 2.45) is 5.73 Å². The number of aromatic nitrogens is 2. The number of fused-ring (bicyclic) bond motifs is 1. The first-order valence-corrected chi connectivity index (χ1v) is 6.16. The lowest BCUT2D eigenvalue weighted by molar-refractivity contribution is 0.608. The fraction of sp³-hybridized carbons (Fsp3) is 0.133. The molecule has 0 bridgehead atoms. The Morgan fingerprint density at radius 1 is 1.16 bits per heavy atom. The minimum Gasteiger partial charge on any atom is -0.326 e. The van der Waals surface area contributed by atoms with Gasteiger partial charge in [0.1, 0.15) is 5.82 Å². The zero-order valence-electron chi connectivity index (χ0n) is 10.4. The van der Waals surface area contributed by atoms with Gasteiger partial charge >= 0.3 is 0 Å². The van der Waals surface area contributed by atoms with Gasteiger partial charge in [-0.1, -0.05) is 24.3 Å². The summed E-state index contributed by atoms with van der Waals surface area (Å²) < 4.78 is 15.3. The number of rotatable bonds is 3. The molecule has 0 amide bonds. The molecule has 0 fully saturated rings. The van der Waals surface area contributed by atoms with E-state index in [1.807, 2.05) is 35.1 Å². The number of halogens is 1. The van der Waals surface area contributed by atoms with Crippen molar-refractivity contribution in [2.45, 2.75) is 13.1 Å². The Labute approximate surface area is 110 Å². The van der Waals surface area contributed by atoms with Crippen LogP contribution in [0.2, 0.25) is 0 Å². The summed E-state index contributed by atoms with van der Waals surface area (Å²) in [5, 5.41) is 5.46. The molecular formula is C15H14FN3. The summed E-state index contributed by atoms with van der Waals surface area (Å²) in [7, 11) is 0. The summed E-state index contributed by atoms with van der Waals surface area (Å²) >= 11 is 0. The van der Waals surface area contributed by atoms with Crippen LogP contribution >= 0.6 is 0 Å². The third-order valence-corrected chi connectivity index (χ3v) is 3.21. The minimum absolute atomic E-state index is 0.208. The van der Waals surface area contributed by atoms with Gasteiger partial charge < -0.3 is 5.73 Å². The number of nitrogens with two attached hydrogens (primary N) is 1. The SMILES string of the molecule is NCc1cc(Cn2ncc3ccccc32)ccc1F. The molecule has 3 rings (SSSR count). The van der Waals surface area contributed by atoms with Crippen molar-refractivity contribution in [2.75, 3.05) is 0 Å². The lowest BCUT2D eigenvalue weighted by Gasteiger charge is -2.06. The Morgan fingerprint density at radius 3 is 2.84 bits per heavy atom. The monoisotopic (exact) mass is 255 g/mol. The van der Waals surface area contributed by atoms with Crippen molar-refractivity contribution < 1.29 is 4.39 Å². The number of nitrogens with zero attached hydrogens (tertiary/aromatic N) is 2. The van der Waals surface area contributed by atoms with Gasteiger partial charge in [0.15, 0.2) is 0 Å². The molecule has 1 heterocycles. The molecule has 3 nitrogen and oxygen atoms in total. The van der Waals surface area contributed by atoms with Crippen LogP contribution in [0.25, 0.3) is 10.9 Å². The highest BCUT2D eigenvalue weighted by Crippen LogP contribution is 2.16. The average molecular weight is 255 g/mol. The molecule has 0 aliphatic heterocycles. The van der Waals surface area contributed by atoms with E-state index in [4.69, 9.17) is 5.73 Å². The van der Waals surface area contributed by atoms with Crippen LogP contribution < -0.4 is 5.73 Å². The molecule has 2 N–H and O–H groups in total. The normalized spacial score (nSPS) is 11.1. The van der Waals surface area contributed by atoms with Gasteiger partial charge in [-0.15, -0.1) is 0 Å². The predicted molar refractivity (Wildman–Crippen MR) is 73.1 cm³/mol. The zero-order chi connectivity index (χ0) is 13.2. The molecule has 1 aromatic heterocycles. The molecule has 4 heteroatoms. The Kier molecular flexibility index (Phi) is 3.01. The van der Waals surface area contributed by atoms with Crippen LogP contribution in [0.1, 0.15) is 11.1 Å². The third kappa shape index (κ3) is 2.22. The molecule has 96 valence electrons. The summed E-state index contributed by atoms with van der Waals surface area (Å²) in [5.41, 5.74) is 8.12. The van der Waals surface area contributed by atoms with Crippen LogP contribution in [-0.2, 0) is 13.1 Å². The second-order valence-corrected chi connectivity index (χ2v) is 4.49. The maximum Gasteiger partial charge on any atom is 0.127 e. The lowest BCUT2D eigenvalue weighted by atomic mass is 10.1. The van der Waals surface area contributed by atoms with E-state index in [0.717, 1.165) is 16.5 Å². The van der Waals surface area contributed by atoms with E-state index in [2.05, 4.69) is 5.10 Å². The average Bonchev–Trinajstić information content (AvgIpc) is 2.84. The van der Waals surface area contributed by atoms with E-state index < -0.39 is 0 Å². The van der Waals surface area contributed by atoms with Crippen LogP contribution in [0.15, 0.2) is 48.7 Å². The first kappa shape index (κ1) is 11.9. The zero-order valence-corrected chi connectivity index (χ0v) is 10.4. The molecule has 0 unspecified atom stereocenters. The minimum atomic E-state index is -0.253. The molecule has 19 heavy (non-hydrogen) atoms. The fourth-order valence-electron chi connectivity index (χ4n) is 2.21. The Balaban J connectivity index is 1.97. The van der Waals surface area contributed by atoms with Crippen LogP contribution in [-0.4, -0.2) is 9.78 Å². The third-order valence-electron chi connectivity index (χ3n) is 3.21. The van der Waals surface area contributed by atoms with E-state index in [1.54, 1.807) is 12.1 Å². The van der Waals surface area contributed by atoms with E-state index in [-0.39, 0.29) is 12.4 Å². The molecule has 0 saturated heterocycles. The van der Waals surface area contributed by atoms with Gasteiger partial charge in [0.05, 0.1) is 18.3 Å². The van der Waals surface area contributed by atoms with Gasteiger partial charge in [-0.3, -0.25) is 4.68 Å². The van der Waals surface area contributed by atoms with E-state index in [9.17, 15) is 4.39 Å². The Morgan fingerprint density at radius 2 is 2.00 bits per heavy atom. The van der Waals surface area contributed by atoms with Gasteiger partial charge in [-0.25, -0.2) is 4.39 Å². The topological polar surface area (TPSA) is 43.8 Å². The highest BCUT2D eigenvalue weighted by Gasteiger charge is 2.05. The van der Waals surface area contributed by atoms with Crippen LogP contribution in [0, 0.1) is 5.82 Å². The van der Waals surface area contributed by atoms with Gasteiger partial charge in [0, 0.05) is 17.5 Å². The largest absolute Gasteiger partial charge is 0.326 e. The molecule has 0 saturated carbocycles. The molecule has 0 radical (unpaired) electrons. The summed E-state index contributed by atoms with van der Waals surface area (Å²) in [6.07, 6.45) is 1.84. The molecule has 0 aliphatic carbocycles. The van der Waals surface area contributed by atoms with Crippen molar-refractivity contribution in [1.29, 1.82) is 0 Å². The number of hydrogen-bond donors (Lipinski definition) is 1. The van der Waals surface area contributed by atoms with Crippen molar-refractivity contribution in [1.82, 2.24) is 9.78 Å². The molecule has 0 atom stereocenters. The second kappa shape index (κ2) is 4.82. The van der Waals surface area contributed by atoms with Crippen molar-refractivity contribution in [3.8, 4) is 0 Å². The van der Waals surface area contributed by atoms with Gasteiger partial charge in [-0.2, -0.15) is 5.10 Å². The molecule has 0 spiro atoms. The molecular weight excluding hydrogens is 241 g/mol. The Bertz CT molecular complexity index is 718. The Hall–Kier alpha value is -2.20. The highest BCUT2D eigenvalue weighted by molar-refractivity contribution is 5.78.